The number of hydrogen-bond acceptors (Lipinski definition) is 5. The van der Waals surface area contributed by atoms with E-state index in [1.807, 2.05) is 6.26 Å². The number of sulfonamides is 1. The third-order valence-electron chi connectivity index (χ3n) is 3.52. The van der Waals surface area contributed by atoms with E-state index < -0.39 is 28.8 Å². The summed E-state index contributed by atoms with van der Waals surface area (Å²) in [5.74, 6) is 0. The van der Waals surface area contributed by atoms with Crippen LogP contribution in [-0.2, 0) is 10.0 Å². The average Bonchev–Trinajstić information content (AvgIpc) is 2.61. The summed E-state index contributed by atoms with van der Waals surface area (Å²) in [6, 6.07) is 9.87. The van der Waals surface area contributed by atoms with Gasteiger partial charge >= 0.3 is 0 Å². The van der Waals surface area contributed by atoms with Crippen LogP contribution in [0.5, 0.6) is 0 Å². The molecule has 5 nitrogen and oxygen atoms in total. The number of rotatable bonds is 7. The highest BCUT2D eigenvalue weighted by Crippen LogP contribution is 2.27. The molecule has 0 aliphatic carbocycles. The third-order valence-corrected chi connectivity index (χ3v) is 6.47. The van der Waals surface area contributed by atoms with E-state index in [1.54, 1.807) is 36.0 Å². The number of thioether (sulfide) groups is 1. The Balaban J connectivity index is 2.26. The summed E-state index contributed by atoms with van der Waals surface area (Å²) in [6.45, 7) is -0.594. The monoisotopic (exact) mass is 421 g/mol. The van der Waals surface area contributed by atoms with Gasteiger partial charge in [-0.25, -0.2) is 13.1 Å². The normalized spacial score (nSPS) is 14.3. The summed E-state index contributed by atoms with van der Waals surface area (Å²) >= 11 is 13.3. The third kappa shape index (κ3) is 5.10. The van der Waals surface area contributed by atoms with E-state index in [-0.39, 0.29) is 14.9 Å². The van der Waals surface area contributed by atoms with Gasteiger partial charge in [-0.15, -0.1) is 11.8 Å². The topological polar surface area (TPSA) is 86.6 Å². The molecule has 0 aromatic heterocycles. The molecule has 0 radical (unpaired) electrons. The summed E-state index contributed by atoms with van der Waals surface area (Å²) in [4.78, 5) is 0.785. The van der Waals surface area contributed by atoms with Crippen molar-refractivity contribution >= 4 is 45.0 Å². The maximum absolute atomic E-state index is 12.5. The number of hydrogen-bond donors (Lipinski definition) is 3. The lowest BCUT2D eigenvalue weighted by molar-refractivity contribution is 0.101. The van der Waals surface area contributed by atoms with Crippen molar-refractivity contribution < 1.29 is 18.6 Å². The Labute approximate surface area is 161 Å². The Morgan fingerprint density at radius 1 is 1.16 bits per heavy atom. The van der Waals surface area contributed by atoms with Crippen LogP contribution in [0.2, 0.25) is 10.0 Å². The van der Waals surface area contributed by atoms with E-state index in [0.717, 1.165) is 4.90 Å². The molecule has 2 rings (SSSR count). The van der Waals surface area contributed by atoms with Gasteiger partial charge in [0.25, 0.3) is 0 Å². The summed E-state index contributed by atoms with van der Waals surface area (Å²) in [5.41, 5.74) is 0.483. The van der Waals surface area contributed by atoms with Crippen molar-refractivity contribution in [2.75, 3.05) is 12.9 Å². The molecule has 0 fully saturated rings. The minimum Gasteiger partial charge on any atom is -0.395 e. The molecule has 0 aliphatic rings. The molecule has 0 heterocycles. The lowest BCUT2D eigenvalue weighted by Gasteiger charge is -2.23. The smallest absolute Gasteiger partial charge is 0.242 e. The molecule has 136 valence electrons. The van der Waals surface area contributed by atoms with E-state index >= 15 is 0 Å². The standard InChI is InChI=1S/C16H17Cl2NO4S2/c1-24-12-5-2-10(3-6-12)16(21)14(9-20)19-25(22,23)15-8-11(17)4-7-13(15)18/h2-8,14,16,19-21H,9H2,1H3. The number of aliphatic hydroxyl groups excluding tert-OH is 2. The van der Waals surface area contributed by atoms with Crippen molar-refractivity contribution in [1.82, 2.24) is 4.72 Å². The molecule has 0 spiro atoms. The van der Waals surface area contributed by atoms with Gasteiger partial charge in [0, 0.05) is 9.92 Å². The van der Waals surface area contributed by atoms with Crippen molar-refractivity contribution in [3.05, 3.63) is 58.1 Å². The Morgan fingerprint density at radius 3 is 2.36 bits per heavy atom. The molecule has 2 aromatic carbocycles. The van der Waals surface area contributed by atoms with Crippen LogP contribution >= 0.6 is 35.0 Å². The van der Waals surface area contributed by atoms with Crippen molar-refractivity contribution in [2.45, 2.75) is 21.9 Å². The minimum atomic E-state index is -4.08. The molecule has 0 saturated heterocycles. The number of aliphatic hydroxyl groups is 2. The second kappa shape index (κ2) is 8.73. The van der Waals surface area contributed by atoms with Gasteiger partial charge in [-0.1, -0.05) is 35.3 Å². The van der Waals surface area contributed by atoms with Gasteiger partial charge in [-0.2, -0.15) is 0 Å². The molecule has 2 atom stereocenters. The average molecular weight is 422 g/mol. The highest BCUT2D eigenvalue weighted by Gasteiger charge is 2.28. The highest BCUT2D eigenvalue weighted by atomic mass is 35.5. The maximum Gasteiger partial charge on any atom is 0.242 e. The lowest BCUT2D eigenvalue weighted by Crippen LogP contribution is -2.42. The van der Waals surface area contributed by atoms with Crippen molar-refractivity contribution in [3.63, 3.8) is 0 Å². The molecular weight excluding hydrogens is 405 g/mol. The largest absolute Gasteiger partial charge is 0.395 e. The van der Waals surface area contributed by atoms with E-state index in [1.165, 1.54) is 18.2 Å². The molecule has 0 saturated carbocycles. The van der Waals surface area contributed by atoms with Crippen LogP contribution < -0.4 is 4.72 Å². The molecule has 2 unspecified atom stereocenters. The van der Waals surface area contributed by atoms with Gasteiger partial charge in [-0.3, -0.25) is 0 Å². The van der Waals surface area contributed by atoms with Gasteiger partial charge in [0.05, 0.1) is 23.8 Å². The number of benzene rings is 2. The predicted octanol–water partition coefficient (Wildman–Crippen LogP) is 3.09. The summed E-state index contributed by atoms with van der Waals surface area (Å²) in [6.07, 6.45) is 0.693. The van der Waals surface area contributed by atoms with Gasteiger partial charge in [0.2, 0.25) is 10.0 Å². The summed E-state index contributed by atoms with van der Waals surface area (Å²) < 4.78 is 27.3. The number of nitrogens with one attached hydrogen (secondary N) is 1. The maximum atomic E-state index is 12.5. The second-order valence-corrected chi connectivity index (χ2v) is 8.61. The van der Waals surface area contributed by atoms with Crippen molar-refractivity contribution in [3.8, 4) is 0 Å². The molecule has 3 N–H and O–H groups in total. The second-order valence-electron chi connectivity index (χ2n) is 5.20. The highest BCUT2D eigenvalue weighted by molar-refractivity contribution is 7.98. The molecule has 0 bridgehead atoms. The number of halogens is 2. The SMILES string of the molecule is CSc1ccc(C(O)C(CO)NS(=O)(=O)c2cc(Cl)ccc2Cl)cc1. The van der Waals surface area contributed by atoms with E-state index in [2.05, 4.69) is 4.72 Å². The van der Waals surface area contributed by atoms with Gasteiger partial charge in [-0.05, 0) is 42.2 Å². The molecule has 25 heavy (non-hydrogen) atoms. The Morgan fingerprint density at radius 2 is 1.80 bits per heavy atom. The zero-order chi connectivity index (χ0) is 18.6. The first-order valence-corrected chi connectivity index (χ1v) is 10.6. The predicted molar refractivity (Wildman–Crippen MR) is 101 cm³/mol. The van der Waals surface area contributed by atoms with Gasteiger partial charge in [0.1, 0.15) is 4.90 Å². The van der Waals surface area contributed by atoms with Crippen LogP contribution in [0.25, 0.3) is 0 Å². The van der Waals surface area contributed by atoms with E-state index in [4.69, 9.17) is 23.2 Å². The first kappa shape index (κ1) is 20.5. The first-order valence-electron chi connectivity index (χ1n) is 7.18. The first-order chi connectivity index (χ1) is 11.8. The van der Waals surface area contributed by atoms with Gasteiger partial charge in [0.15, 0.2) is 0 Å². The van der Waals surface area contributed by atoms with Crippen LogP contribution in [0.3, 0.4) is 0 Å². The lowest BCUT2D eigenvalue weighted by atomic mass is 10.0. The van der Waals surface area contributed by atoms with Crippen molar-refractivity contribution in [2.24, 2.45) is 0 Å². The van der Waals surface area contributed by atoms with Crippen LogP contribution in [0.4, 0.5) is 0 Å². The zero-order valence-electron chi connectivity index (χ0n) is 13.2. The molecule has 9 heteroatoms. The van der Waals surface area contributed by atoms with Gasteiger partial charge < -0.3 is 10.2 Å². The fourth-order valence-corrected chi connectivity index (χ4v) is 4.58. The quantitative estimate of drug-likeness (QED) is 0.597. The molecular formula is C16H17Cl2NO4S2. The van der Waals surface area contributed by atoms with Crippen LogP contribution in [-0.4, -0.2) is 37.5 Å². The molecule has 0 amide bonds. The Bertz CT molecular complexity index is 829. The van der Waals surface area contributed by atoms with Crippen LogP contribution in [0.1, 0.15) is 11.7 Å². The molecule has 2 aromatic rings. The summed E-state index contributed by atoms with van der Waals surface area (Å²) in [5, 5.41) is 20.2. The van der Waals surface area contributed by atoms with Crippen molar-refractivity contribution in [1.29, 1.82) is 0 Å². The minimum absolute atomic E-state index is 0.00703. The summed E-state index contributed by atoms with van der Waals surface area (Å²) in [7, 11) is -4.08. The zero-order valence-corrected chi connectivity index (χ0v) is 16.3. The van der Waals surface area contributed by atoms with E-state index in [0.29, 0.717) is 5.56 Å². The fourth-order valence-electron chi connectivity index (χ4n) is 2.18. The van der Waals surface area contributed by atoms with Crippen LogP contribution in [0, 0.1) is 0 Å². The Hall–Kier alpha value is -0.800. The Kier molecular flexibility index (Phi) is 7.16. The van der Waals surface area contributed by atoms with E-state index in [9.17, 15) is 18.6 Å². The van der Waals surface area contributed by atoms with Crippen LogP contribution in [0.15, 0.2) is 52.3 Å². The molecule has 0 aliphatic heterocycles. The fraction of sp³-hybridized carbons (Fsp3) is 0.250.